The molecule has 2 aromatic carbocycles. The molecule has 3 fully saturated rings. The maximum Gasteiger partial charge on any atom is 0.324 e. The molecule has 2 saturated heterocycles. The number of aromatic nitrogens is 2. The van der Waals surface area contributed by atoms with Crippen LogP contribution in [0, 0.1) is 17.3 Å². The number of hydrazine groups is 1. The highest BCUT2D eigenvalue weighted by Gasteiger charge is 2.67. The molecule has 17 heteroatoms. The first-order valence-electron chi connectivity index (χ1n) is 26.1. The third-order valence-corrected chi connectivity index (χ3v) is 16.7. The topological polar surface area (TPSA) is 192 Å². The number of cyclic esters (lactones) is 1. The molecule has 7 atom stereocenters. The first-order chi connectivity index (χ1) is 34.4. The fraction of sp³-hybridized carbons (Fsp3) is 0.571. The standard InChI is InChI=1S/C56H76N8O8S/c1-13-62-44-21-20-36-28-40(44)41(49(62)39-16-14-22-57-46(39)32(2)3)29-56(9,10)31-72-54(70)42-17-15-23-63(59-42)52(68)43(26-34-24-37(36)27-38(65)25-34)58-51(67)47(33(4)5)61(12)45(66)30-60(11)53(69)50-48(35-18-19-35)64(50)73(71)55(6,7)8/h14,16,20-22,24-25,27-28,32-33,35,42-43,47-48,50,59,65H,13,15,17-19,23,26,29-31H2,1-12H3,(H,58,67)/t42-,43-,47-,48+,50+,64?,73?/m0/s1. The van der Waals surface area contributed by atoms with Crippen LogP contribution in [0.5, 0.6) is 5.75 Å². The van der Waals surface area contributed by atoms with E-state index >= 15 is 0 Å². The number of benzene rings is 2. The number of carbonyl (C=O) groups is 5. The molecule has 6 bridgehead atoms. The van der Waals surface area contributed by atoms with E-state index in [1.54, 1.807) is 23.5 Å². The lowest BCUT2D eigenvalue weighted by molar-refractivity contribution is -0.155. The highest BCUT2D eigenvalue weighted by molar-refractivity contribution is 7.90. The summed E-state index contributed by atoms with van der Waals surface area (Å²) in [6.45, 7) is 20.6. The molecule has 8 rings (SSSR count). The number of phenols is 1. The molecular weight excluding hydrogens is 945 g/mol. The average molecular weight is 1020 g/mol. The summed E-state index contributed by atoms with van der Waals surface area (Å²) < 4.78 is 23.1. The van der Waals surface area contributed by atoms with E-state index in [9.17, 15) is 33.6 Å². The average Bonchev–Trinajstić information content (AvgIpc) is 4.27. The van der Waals surface area contributed by atoms with E-state index in [1.165, 1.54) is 21.9 Å². The van der Waals surface area contributed by atoms with Gasteiger partial charge in [-0.25, -0.2) is 5.43 Å². The Morgan fingerprint density at radius 2 is 1.75 bits per heavy atom. The summed E-state index contributed by atoms with van der Waals surface area (Å²) in [6, 6.07) is 11.8. The molecule has 5 heterocycles. The number of likely N-dealkylation sites (N-methyl/N-ethyl adjacent to an activating group) is 2. The number of esters is 1. The van der Waals surface area contributed by atoms with E-state index in [-0.39, 0.29) is 49.7 Å². The number of fused-ring (bicyclic) bond motifs is 6. The molecule has 1 saturated carbocycles. The van der Waals surface area contributed by atoms with E-state index in [0.29, 0.717) is 42.9 Å². The van der Waals surface area contributed by atoms with E-state index in [4.69, 9.17) is 9.72 Å². The highest BCUT2D eigenvalue weighted by atomic mass is 32.2. The summed E-state index contributed by atoms with van der Waals surface area (Å²) in [5.74, 6) is -2.31. The summed E-state index contributed by atoms with van der Waals surface area (Å²) in [5, 5.41) is 16.8. The van der Waals surface area contributed by atoms with E-state index in [2.05, 4.69) is 68.1 Å². The zero-order chi connectivity index (χ0) is 53.0. The van der Waals surface area contributed by atoms with Gasteiger partial charge in [-0.05, 0) is 136 Å². The molecule has 4 aliphatic rings. The van der Waals surface area contributed by atoms with Crippen molar-refractivity contribution in [3.8, 4) is 28.1 Å². The van der Waals surface area contributed by atoms with Crippen LogP contribution >= 0.6 is 0 Å². The number of aryl methyl sites for hydroxylation is 1. The second-order valence-corrected chi connectivity index (χ2v) is 25.3. The molecule has 3 aliphatic heterocycles. The van der Waals surface area contributed by atoms with Crippen LogP contribution in [0.15, 0.2) is 54.7 Å². The van der Waals surface area contributed by atoms with Crippen LogP contribution < -0.4 is 10.7 Å². The summed E-state index contributed by atoms with van der Waals surface area (Å²) in [4.78, 5) is 79.1. The lowest BCUT2D eigenvalue weighted by Crippen LogP contribution is -2.62. The lowest BCUT2D eigenvalue weighted by Gasteiger charge is -2.37. The van der Waals surface area contributed by atoms with Gasteiger partial charge in [0.05, 0.1) is 30.6 Å². The fourth-order valence-electron chi connectivity index (χ4n) is 11.0. The van der Waals surface area contributed by atoms with Crippen molar-refractivity contribution in [1.82, 2.24) is 39.4 Å². The molecule has 73 heavy (non-hydrogen) atoms. The molecule has 2 unspecified atom stereocenters. The van der Waals surface area contributed by atoms with Gasteiger partial charge >= 0.3 is 5.97 Å². The Bertz CT molecular complexity index is 2760. The quantitative estimate of drug-likeness (QED) is 0.0774. The molecule has 0 radical (unpaired) electrons. The number of nitrogens with zero attached hydrogens (tertiary/aromatic N) is 6. The van der Waals surface area contributed by atoms with Crippen LogP contribution in [0.2, 0.25) is 0 Å². The van der Waals surface area contributed by atoms with Gasteiger partial charge in [0.2, 0.25) is 17.7 Å². The van der Waals surface area contributed by atoms with Crippen LogP contribution in [0.3, 0.4) is 0 Å². The third kappa shape index (κ3) is 11.3. The molecule has 4 aromatic rings. The fourth-order valence-corrected chi connectivity index (χ4v) is 12.5. The van der Waals surface area contributed by atoms with Crippen LogP contribution in [0.25, 0.3) is 33.3 Å². The van der Waals surface area contributed by atoms with Gasteiger partial charge in [0.1, 0.15) is 28.6 Å². The highest BCUT2D eigenvalue weighted by Crippen LogP contribution is 2.51. The molecule has 16 nitrogen and oxygen atoms in total. The molecule has 2 aromatic heterocycles. The van der Waals surface area contributed by atoms with Crippen LogP contribution in [0.1, 0.15) is 118 Å². The van der Waals surface area contributed by atoms with Crippen molar-refractivity contribution in [2.24, 2.45) is 17.3 Å². The van der Waals surface area contributed by atoms with E-state index in [0.717, 1.165) is 51.8 Å². The van der Waals surface area contributed by atoms with Gasteiger partial charge < -0.3 is 34.1 Å². The maximum atomic E-state index is 14.8. The van der Waals surface area contributed by atoms with Crippen LogP contribution in [-0.4, -0.2) is 137 Å². The number of hydrogen-bond acceptors (Lipinski definition) is 11. The normalized spacial score (nSPS) is 23.2. The lowest BCUT2D eigenvalue weighted by atomic mass is 9.83. The Labute approximate surface area is 433 Å². The molecule has 4 amide bonds. The van der Waals surface area contributed by atoms with Crippen LogP contribution in [0.4, 0.5) is 0 Å². The Morgan fingerprint density at radius 1 is 1.03 bits per heavy atom. The third-order valence-electron chi connectivity index (χ3n) is 14.8. The van der Waals surface area contributed by atoms with Crippen molar-refractivity contribution in [3.63, 3.8) is 0 Å². The number of rotatable bonds is 12. The number of carbonyl (C=O) groups excluding carboxylic acids is 5. The van der Waals surface area contributed by atoms with Gasteiger partial charge in [0.25, 0.3) is 5.91 Å². The Morgan fingerprint density at radius 3 is 2.41 bits per heavy atom. The molecule has 1 aliphatic carbocycles. The molecule has 0 spiro atoms. The van der Waals surface area contributed by atoms with Crippen molar-refractivity contribution in [3.05, 3.63) is 71.5 Å². The number of ether oxygens (including phenoxy) is 1. The summed E-state index contributed by atoms with van der Waals surface area (Å²) in [7, 11) is 3.08. The second-order valence-electron chi connectivity index (χ2n) is 23.2. The Hall–Kier alpha value is -5.49. The second kappa shape index (κ2) is 21.0. The Balaban J connectivity index is 1.12. The predicted molar refractivity (Wildman–Crippen MR) is 283 cm³/mol. The van der Waals surface area contributed by atoms with E-state index < -0.39 is 75.3 Å². The summed E-state index contributed by atoms with van der Waals surface area (Å²) in [5.41, 5.74) is 9.94. The molecule has 394 valence electrons. The predicted octanol–water partition coefficient (Wildman–Crippen LogP) is 6.73. The number of phenolic OH excluding ortho intramolecular Hbond substituents is 1. The number of aromatic hydroxyl groups is 1. The Kier molecular flexibility index (Phi) is 15.5. The minimum absolute atomic E-state index is 0.0185. The monoisotopic (exact) mass is 1020 g/mol. The van der Waals surface area contributed by atoms with Crippen molar-refractivity contribution >= 4 is 51.9 Å². The van der Waals surface area contributed by atoms with Gasteiger partial charge in [-0.3, -0.25) is 34.0 Å². The number of hydrogen-bond donors (Lipinski definition) is 3. The minimum atomic E-state index is -1.39. The smallest absolute Gasteiger partial charge is 0.324 e. The van der Waals surface area contributed by atoms with Gasteiger partial charge in [0, 0.05) is 73.0 Å². The zero-order valence-electron chi connectivity index (χ0n) is 44.8. The number of pyridine rings is 1. The number of amides is 4. The van der Waals surface area contributed by atoms with Crippen molar-refractivity contribution in [1.29, 1.82) is 0 Å². The van der Waals surface area contributed by atoms with E-state index in [1.807, 2.05) is 59.0 Å². The zero-order valence-corrected chi connectivity index (χ0v) is 45.6. The maximum absolute atomic E-state index is 14.8. The van der Waals surface area contributed by atoms with Crippen LogP contribution in [-0.2, 0) is 59.5 Å². The number of nitrogens with one attached hydrogen (secondary N) is 2. The molecule has 3 N–H and O–H groups in total. The van der Waals surface area contributed by atoms with Crippen molar-refractivity contribution < 1.29 is 38.4 Å². The van der Waals surface area contributed by atoms with Crippen molar-refractivity contribution in [2.45, 2.75) is 155 Å². The first kappa shape index (κ1) is 53.8. The largest absolute Gasteiger partial charge is 0.597 e. The van der Waals surface area contributed by atoms with Gasteiger partial charge in [-0.2, -0.15) is 0 Å². The first-order valence-corrected chi connectivity index (χ1v) is 27.2. The summed E-state index contributed by atoms with van der Waals surface area (Å²) in [6.07, 6.45) is 5.23. The molecular formula is C56H76N8O8S. The van der Waals surface area contributed by atoms with Gasteiger partial charge in [0.15, 0.2) is 6.04 Å². The summed E-state index contributed by atoms with van der Waals surface area (Å²) >= 11 is -1.39. The van der Waals surface area contributed by atoms with Gasteiger partial charge in [-0.15, -0.1) is 4.31 Å². The minimum Gasteiger partial charge on any atom is -0.597 e. The van der Waals surface area contributed by atoms with Gasteiger partial charge in [-0.1, -0.05) is 53.7 Å². The SMILES string of the molecule is CCn1c(-c2cccnc2C(C)C)c2c3cc(ccc31)-c1cc(O)cc(c1)C[C@H](NC(=O)[C@H](C(C)C)N(C)C(=O)CN(C)C(=O)[C@H]1[C@@H](C3CC3)N1[S+]([O-])C(C)(C)C)C(=O)N1CCC[C@H](N1)C(=O)OCC(C)(C)C2. The van der Waals surface area contributed by atoms with Crippen molar-refractivity contribution in [2.75, 3.05) is 33.8 Å².